The van der Waals surface area contributed by atoms with Crippen molar-refractivity contribution in [2.45, 2.75) is 25.9 Å². The molecule has 7 heteroatoms. The lowest BCUT2D eigenvalue weighted by atomic mass is 10.0. The predicted octanol–water partition coefficient (Wildman–Crippen LogP) is 1.53. The summed E-state index contributed by atoms with van der Waals surface area (Å²) in [7, 11) is 1.48. The number of nitro groups is 1. The summed E-state index contributed by atoms with van der Waals surface area (Å²) >= 11 is 0. The Morgan fingerprint density at radius 1 is 1.50 bits per heavy atom. The second-order valence-electron chi connectivity index (χ2n) is 4.77. The molecule has 0 aliphatic rings. The zero-order valence-electron chi connectivity index (χ0n) is 11.8. The number of rotatable bonds is 6. The Hall–Kier alpha value is -2.15. The molecule has 7 nitrogen and oxygen atoms in total. The summed E-state index contributed by atoms with van der Waals surface area (Å²) in [5.74, 6) is -0.329. The Balaban J connectivity index is 3.06. The number of nitrogens with zero attached hydrogens (tertiary/aromatic N) is 1. The maximum Gasteiger partial charge on any atom is 0.292 e. The fourth-order valence-electron chi connectivity index (χ4n) is 1.53. The van der Waals surface area contributed by atoms with Crippen LogP contribution in [0.15, 0.2) is 18.2 Å². The number of aliphatic hydroxyl groups is 1. The summed E-state index contributed by atoms with van der Waals surface area (Å²) in [4.78, 5) is 22.0. The minimum Gasteiger partial charge on any atom is -0.388 e. The first kappa shape index (κ1) is 15.9. The monoisotopic (exact) mass is 281 g/mol. The molecule has 0 heterocycles. The number of nitro benzene ring substituents is 1. The van der Waals surface area contributed by atoms with Gasteiger partial charge in [0.25, 0.3) is 11.6 Å². The molecule has 0 fully saturated rings. The summed E-state index contributed by atoms with van der Waals surface area (Å²) in [5, 5.41) is 26.2. The zero-order chi connectivity index (χ0) is 15.3. The molecule has 0 spiro atoms. The van der Waals surface area contributed by atoms with Crippen molar-refractivity contribution in [3.8, 4) is 0 Å². The molecule has 0 bridgehead atoms. The number of benzene rings is 1. The van der Waals surface area contributed by atoms with Crippen molar-refractivity contribution in [1.29, 1.82) is 0 Å². The van der Waals surface area contributed by atoms with E-state index < -0.39 is 10.5 Å². The molecule has 0 saturated heterocycles. The summed E-state index contributed by atoms with van der Waals surface area (Å²) in [5.41, 5.74) is -0.581. The molecular weight excluding hydrogens is 262 g/mol. The van der Waals surface area contributed by atoms with Gasteiger partial charge < -0.3 is 15.7 Å². The van der Waals surface area contributed by atoms with E-state index in [4.69, 9.17) is 0 Å². The maximum absolute atomic E-state index is 11.5. The van der Waals surface area contributed by atoms with E-state index in [1.54, 1.807) is 6.92 Å². The second-order valence-corrected chi connectivity index (χ2v) is 4.77. The highest BCUT2D eigenvalue weighted by molar-refractivity contribution is 5.95. The van der Waals surface area contributed by atoms with Crippen LogP contribution in [0.2, 0.25) is 0 Å². The van der Waals surface area contributed by atoms with Crippen molar-refractivity contribution in [2.75, 3.05) is 18.9 Å². The van der Waals surface area contributed by atoms with Crippen molar-refractivity contribution in [3.05, 3.63) is 33.9 Å². The van der Waals surface area contributed by atoms with Crippen molar-refractivity contribution < 1.29 is 14.8 Å². The van der Waals surface area contributed by atoms with Gasteiger partial charge in [-0.05, 0) is 25.5 Å². The van der Waals surface area contributed by atoms with Gasteiger partial charge in [-0.1, -0.05) is 6.92 Å². The topological polar surface area (TPSA) is 104 Å². The third-order valence-corrected chi connectivity index (χ3v) is 3.10. The van der Waals surface area contributed by atoms with Gasteiger partial charge in [-0.2, -0.15) is 0 Å². The molecule has 110 valence electrons. The van der Waals surface area contributed by atoms with Gasteiger partial charge in [-0.15, -0.1) is 0 Å². The molecule has 1 aromatic rings. The summed E-state index contributed by atoms with van der Waals surface area (Å²) in [6, 6.07) is 4.07. The average molecular weight is 281 g/mol. The first-order chi connectivity index (χ1) is 9.30. The molecule has 1 rings (SSSR count). The highest BCUT2D eigenvalue weighted by Crippen LogP contribution is 2.26. The Labute approximate surface area is 117 Å². The van der Waals surface area contributed by atoms with Gasteiger partial charge in [0, 0.05) is 25.2 Å². The Bertz CT molecular complexity index is 514. The average Bonchev–Trinajstić information content (AvgIpc) is 2.43. The molecule has 0 aliphatic heterocycles. The van der Waals surface area contributed by atoms with Gasteiger partial charge in [-0.3, -0.25) is 14.9 Å². The van der Waals surface area contributed by atoms with Crippen LogP contribution in [0.25, 0.3) is 0 Å². The van der Waals surface area contributed by atoms with E-state index in [2.05, 4.69) is 10.6 Å². The van der Waals surface area contributed by atoms with E-state index in [0.29, 0.717) is 12.0 Å². The van der Waals surface area contributed by atoms with Crippen LogP contribution in [-0.2, 0) is 0 Å². The number of anilines is 1. The van der Waals surface area contributed by atoms with Crippen LogP contribution in [-0.4, -0.2) is 35.1 Å². The molecule has 1 amide bonds. The molecule has 0 saturated carbocycles. The molecule has 1 aromatic carbocycles. The molecule has 20 heavy (non-hydrogen) atoms. The minimum absolute atomic E-state index is 0.135. The highest BCUT2D eigenvalue weighted by Gasteiger charge is 2.21. The van der Waals surface area contributed by atoms with Crippen molar-refractivity contribution in [2.24, 2.45) is 0 Å². The third kappa shape index (κ3) is 3.92. The van der Waals surface area contributed by atoms with Crippen LogP contribution in [0.1, 0.15) is 30.6 Å². The minimum atomic E-state index is -0.975. The Morgan fingerprint density at radius 2 is 2.15 bits per heavy atom. The van der Waals surface area contributed by atoms with Gasteiger partial charge in [0.2, 0.25) is 0 Å². The number of hydrogen-bond acceptors (Lipinski definition) is 5. The Morgan fingerprint density at radius 3 is 2.65 bits per heavy atom. The van der Waals surface area contributed by atoms with Crippen LogP contribution in [0, 0.1) is 10.1 Å². The molecule has 1 atom stereocenters. The number of hydrogen-bond donors (Lipinski definition) is 3. The smallest absolute Gasteiger partial charge is 0.292 e. The normalized spacial score (nSPS) is 13.4. The molecule has 0 aliphatic carbocycles. The quantitative estimate of drug-likeness (QED) is 0.541. The van der Waals surface area contributed by atoms with E-state index >= 15 is 0 Å². The lowest BCUT2D eigenvalue weighted by Gasteiger charge is -2.22. The van der Waals surface area contributed by atoms with Gasteiger partial charge in [0.15, 0.2) is 0 Å². The zero-order valence-corrected chi connectivity index (χ0v) is 11.8. The van der Waals surface area contributed by atoms with Crippen molar-refractivity contribution in [1.82, 2.24) is 5.32 Å². The Kier molecular flexibility index (Phi) is 5.04. The molecular formula is C13H19N3O4. The second kappa shape index (κ2) is 6.33. The van der Waals surface area contributed by atoms with Gasteiger partial charge in [0.05, 0.1) is 10.5 Å². The number of carbonyl (C=O) groups is 1. The number of nitrogens with one attached hydrogen (secondary N) is 2. The van der Waals surface area contributed by atoms with E-state index in [1.165, 1.54) is 25.2 Å². The van der Waals surface area contributed by atoms with Crippen LogP contribution in [0.4, 0.5) is 11.4 Å². The SMILES string of the molecule is CCC(C)(O)CNc1cc(C(=O)NC)ccc1[N+](=O)[O-]. The van der Waals surface area contributed by atoms with E-state index in [9.17, 15) is 20.0 Å². The maximum atomic E-state index is 11.5. The highest BCUT2D eigenvalue weighted by atomic mass is 16.6. The van der Waals surface area contributed by atoms with Gasteiger partial charge in [-0.25, -0.2) is 0 Å². The summed E-state index contributed by atoms with van der Waals surface area (Å²) in [6.45, 7) is 3.60. The van der Waals surface area contributed by atoms with E-state index in [-0.39, 0.29) is 23.8 Å². The number of carbonyl (C=O) groups excluding carboxylic acids is 1. The first-order valence-electron chi connectivity index (χ1n) is 6.27. The first-order valence-corrected chi connectivity index (χ1v) is 6.27. The van der Waals surface area contributed by atoms with Gasteiger partial charge >= 0.3 is 0 Å². The van der Waals surface area contributed by atoms with Crippen LogP contribution >= 0.6 is 0 Å². The lowest BCUT2D eigenvalue weighted by molar-refractivity contribution is -0.384. The van der Waals surface area contributed by atoms with Crippen molar-refractivity contribution in [3.63, 3.8) is 0 Å². The molecule has 3 N–H and O–H groups in total. The van der Waals surface area contributed by atoms with Gasteiger partial charge in [0.1, 0.15) is 5.69 Å². The fourth-order valence-corrected chi connectivity index (χ4v) is 1.53. The summed E-state index contributed by atoms with van der Waals surface area (Å²) < 4.78 is 0. The standard InChI is InChI=1S/C13H19N3O4/c1-4-13(2,18)8-15-10-7-9(12(17)14-3)5-6-11(10)16(19)20/h5-7,15,18H,4,8H2,1-3H3,(H,14,17). The largest absolute Gasteiger partial charge is 0.388 e. The van der Waals surface area contributed by atoms with Crippen LogP contribution in [0.3, 0.4) is 0 Å². The fraction of sp³-hybridized carbons (Fsp3) is 0.462. The van der Waals surface area contributed by atoms with Crippen molar-refractivity contribution >= 4 is 17.3 Å². The molecule has 1 unspecified atom stereocenters. The van der Waals surface area contributed by atoms with E-state index in [1.807, 2.05) is 6.92 Å². The summed E-state index contributed by atoms with van der Waals surface area (Å²) in [6.07, 6.45) is 0.503. The lowest BCUT2D eigenvalue weighted by Crippen LogP contribution is -2.32. The van der Waals surface area contributed by atoms with Crippen LogP contribution < -0.4 is 10.6 Å². The van der Waals surface area contributed by atoms with Crippen LogP contribution in [0.5, 0.6) is 0 Å². The molecule has 0 aromatic heterocycles. The predicted molar refractivity (Wildman–Crippen MR) is 75.9 cm³/mol. The van der Waals surface area contributed by atoms with E-state index in [0.717, 1.165) is 0 Å². The number of amides is 1. The third-order valence-electron chi connectivity index (χ3n) is 3.10. The molecule has 0 radical (unpaired) electrons.